The molecular formula is C68H94O28. The molecule has 534 valence electrons. The number of hydrogen-bond donors (Lipinski definition) is 2. The van der Waals surface area contributed by atoms with Crippen LogP contribution in [0.1, 0.15) is 188 Å². The first-order valence-corrected chi connectivity index (χ1v) is 31.9. The second kappa shape index (κ2) is 46.5. The standard InChI is InChI=1S/C68H94O28/c1-46(69)36-59(77)85-32-16-8-12-20-55(73)91-40-50(41-92-56(74)21-13-9-17-33-86-60(78)37-47(2)70)65(83)95-63(81)42-89-53-28-24-51(25-29-53)67(5,6)52-26-30-54(31-27-52)90-43-64(82)96-66(84)68(7,44-93-57(75)22-14-10-18-34-87-61(79)38-48(3)71)45-94-58(76)23-15-11-19-35-88-62(80)39-49(4)72/h24-31,50,63-64,81-82H,8-23,32-45H2,1-7H3. The zero-order valence-electron chi connectivity index (χ0n) is 56.1. The van der Waals surface area contributed by atoms with Crippen LogP contribution in [0.15, 0.2) is 48.5 Å². The number of rotatable bonds is 52. The summed E-state index contributed by atoms with van der Waals surface area (Å²) in [7, 11) is 0. The molecule has 28 nitrogen and oxygen atoms in total. The van der Waals surface area contributed by atoms with Gasteiger partial charge in [0.1, 0.15) is 98.1 Å². The first kappa shape index (κ1) is 83.4. The topological polar surface area (TPSA) is 390 Å². The minimum Gasteiger partial charge on any atom is -0.487 e. The van der Waals surface area contributed by atoms with Gasteiger partial charge in [-0.3, -0.25) is 67.1 Å². The monoisotopic (exact) mass is 1360 g/mol. The zero-order valence-corrected chi connectivity index (χ0v) is 56.1. The average molecular weight is 1360 g/mol. The van der Waals surface area contributed by atoms with Gasteiger partial charge in [0.2, 0.25) is 12.6 Å². The van der Waals surface area contributed by atoms with Crippen molar-refractivity contribution in [3.05, 3.63) is 59.7 Å². The lowest BCUT2D eigenvalue weighted by molar-refractivity contribution is -0.192. The second-order valence-corrected chi connectivity index (χ2v) is 23.6. The summed E-state index contributed by atoms with van der Waals surface area (Å²) in [5, 5.41) is 21.5. The lowest BCUT2D eigenvalue weighted by atomic mass is 9.78. The molecule has 0 heterocycles. The van der Waals surface area contributed by atoms with Crippen LogP contribution in [0.25, 0.3) is 0 Å². The summed E-state index contributed by atoms with van der Waals surface area (Å²) in [6.07, 6.45) is -0.310. The molecule has 0 radical (unpaired) electrons. The third-order valence-corrected chi connectivity index (χ3v) is 14.0. The summed E-state index contributed by atoms with van der Waals surface area (Å²) < 4.78 is 63.3. The number of aliphatic hydroxyl groups excluding tert-OH is 2. The molecule has 2 N–H and O–H groups in total. The highest BCUT2D eigenvalue weighted by atomic mass is 16.7. The summed E-state index contributed by atoms with van der Waals surface area (Å²) in [6, 6.07) is 13.7. The van der Waals surface area contributed by atoms with Gasteiger partial charge < -0.3 is 67.1 Å². The van der Waals surface area contributed by atoms with E-state index in [1.54, 1.807) is 48.5 Å². The Kier molecular flexibility index (Phi) is 40.4. The Labute approximate surface area is 558 Å². The number of hydrogen-bond acceptors (Lipinski definition) is 28. The van der Waals surface area contributed by atoms with E-state index in [1.807, 2.05) is 13.8 Å². The predicted molar refractivity (Wildman–Crippen MR) is 335 cm³/mol. The molecule has 0 fully saturated rings. The van der Waals surface area contributed by atoms with Crippen LogP contribution < -0.4 is 9.47 Å². The maximum absolute atomic E-state index is 13.6. The van der Waals surface area contributed by atoms with Gasteiger partial charge in [0.05, 0.1) is 26.4 Å². The van der Waals surface area contributed by atoms with Gasteiger partial charge >= 0.3 is 59.7 Å². The Morgan fingerprint density at radius 3 is 0.948 bits per heavy atom. The minimum absolute atomic E-state index is 0.0564. The van der Waals surface area contributed by atoms with E-state index in [0.717, 1.165) is 11.1 Å². The average Bonchev–Trinajstić information content (AvgIpc) is 0.813. The van der Waals surface area contributed by atoms with Crippen molar-refractivity contribution < 1.29 is 134 Å². The summed E-state index contributed by atoms with van der Waals surface area (Å²) in [6.45, 7) is 7.15. The molecule has 0 saturated carbocycles. The van der Waals surface area contributed by atoms with E-state index in [4.69, 9.17) is 56.8 Å². The van der Waals surface area contributed by atoms with Crippen molar-refractivity contribution in [3.8, 4) is 11.5 Å². The third kappa shape index (κ3) is 38.6. The number of Topliss-reactive ketones (excluding diaryl/α,β-unsaturated/α-hetero) is 4. The Morgan fingerprint density at radius 2 is 0.646 bits per heavy atom. The number of unbranched alkanes of at least 4 members (excludes halogenated alkanes) is 8. The van der Waals surface area contributed by atoms with E-state index in [9.17, 15) is 77.3 Å². The smallest absolute Gasteiger partial charge is 0.321 e. The highest BCUT2D eigenvalue weighted by molar-refractivity contribution is 5.95. The lowest BCUT2D eigenvalue weighted by Crippen LogP contribution is -2.42. The van der Waals surface area contributed by atoms with Gasteiger partial charge in [-0.1, -0.05) is 38.1 Å². The first-order chi connectivity index (χ1) is 45.5. The van der Waals surface area contributed by atoms with Crippen LogP contribution in [0.3, 0.4) is 0 Å². The summed E-state index contributed by atoms with van der Waals surface area (Å²) in [5.41, 5.74) is -0.760. The van der Waals surface area contributed by atoms with Crippen LogP contribution in [-0.4, -0.2) is 172 Å². The van der Waals surface area contributed by atoms with Crippen LogP contribution in [0, 0.1) is 11.3 Å². The number of ether oxygens (including phenoxy) is 12. The van der Waals surface area contributed by atoms with Gasteiger partial charge in [-0.15, -0.1) is 0 Å². The van der Waals surface area contributed by atoms with Gasteiger partial charge in [-0.2, -0.15) is 0 Å². The van der Waals surface area contributed by atoms with Gasteiger partial charge in [0.25, 0.3) is 0 Å². The Bertz CT molecular complexity index is 2730. The number of benzene rings is 2. The molecule has 0 bridgehead atoms. The second-order valence-electron chi connectivity index (χ2n) is 23.6. The molecule has 2 unspecified atom stereocenters. The number of ketones is 4. The van der Waals surface area contributed by atoms with Gasteiger partial charge in [0, 0.05) is 31.1 Å². The molecule has 28 heteroatoms. The highest BCUT2D eigenvalue weighted by Crippen LogP contribution is 2.34. The lowest BCUT2D eigenvalue weighted by Gasteiger charge is -2.28. The molecule has 0 aliphatic carbocycles. The van der Waals surface area contributed by atoms with Crippen LogP contribution in [0.5, 0.6) is 11.5 Å². The van der Waals surface area contributed by atoms with Crippen molar-refractivity contribution in [2.45, 2.75) is 195 Å². The summed E-state index contributed by atoms with van der Waals surface area (Å²) >= 11 is 0. The molecule has 2 atom stereocenters. The van der Waals surface area contributed by atoms with E-state index < -0.39 is 129 Å². The summed E-state index contributed by atoms with van der Waals surface area (Å²) in [4.78, 5) is 168. The molecule has 0 aliphatic rings. The van der Waals surface area contributed by atoms with Crippen molar-refractivity contribution in [3.63, 3.8) is 0 Å². The Balaban J connectivity index is 2.01. The van der Waals surface area contributed by atoms with E-state index in [1.165, 1.54) is 34.6 Å². The van der Waals surface area contributed by atoms with Crippen molar-refractivity contribution in [2.75, 3.05) is 66.1 Å². The molecule has 0 aromatic heterocycles. The molecule has 0 amide bonds. The van der Waals surface area contributed by atoms with Crippen LogP contribution >= 0.6 is 0 Å². The predicted octanol–water partition coefficient (Wildman–Crippen LogP) is 6.62. The van der Waals surface area contributed by atoms with Crippen molar-refractivity contribution in [1.29, 1.82) is 0 Å². The fourth-order valence-corrected chi connectivity index (χ4v) is 8.45. The molecule has 2 aromatic carbocycles. The molecule has 0 saturated heterocycles. The largest absolute Gasteiger partial charge is 0.487 e. The maximum Gasteiger partial charge on any atom is 0.321 e. The van der Waals surface area contributed by atoms with E-state index in [0.29, 0.717) is 82.8 Å². The summed E-state index contributed by atoms with van der Waals surface area (Å²) in [5.74, 6) is -9.55. The van der Waals surface area contributed by atoms with Crippen molar-refractivity contribution in [2.24, 2.45) is 11.3 Å². The fraction of sp³-hybridized carbons (Fsp3) is 0.618. The highest BCUT2D eigenvalue weighted by Gasteiger charge is 2.40. The molecule has 2 rings (SSSR count). The Hall–Kier alpha value is -8.66. The van der Waals surface area contributed by atoms with E-state index in [-0.39, 0.29) is 107 Å². The third-order valence-electron chi connectivity index (χ3n) is 14.0. The molecule has 0 spiro atoms. The van der Waals surface area contributed by atoms with Gasteiger partial charge in [-0.25, -0.2) is 0 Å². The zero-order chi connectivity index (χ0) is 71.5. The van der Waals surface area contributed by atoms with E-state index in [2.05, 4.69) is 0 Å². The van der Waals surface area contributed by atoms with Crippen LogP contribution in [0.4, 0.5) is 0 Å². The maximum atomic E-state index is 13.6. The quantitative estimate of drug-likeness (QED) is 0.0231. The molecule has 96 heavy (non-hydrogen) atoms. The van der Waals surface area contributed by atoms with Gasteiger partial charge in [-0.05, 0) is 147 Å². The number of esters is 10. The molecule has 2 aromatic rings. The number of carbonyl (C=O) groups is 14. The van der Waals surface area contributed by atoms with Crippen molar-refractivity contribution in [1.82, 2.24) is 0 Å². The minimum atomic E-state index is -1.84. The SMILES string of the molecule is CC(=O)CC(=O)OCCCCCC(=O)OCC(COC(=O)CCCCCOC(=O)CC(C)=O)C(=O)OC(O)COc1ccc(C(C)(C)c2ccc(OCC(O)OC(=O)C(C)(COC(=O)CCCCCOC(=O)CC(C)=O)COC(=O)CCCCCOC(=O)CC(C)=O)cc2)cc1. The van der Waals surface area contributed by atoms with Crippen molar-refractivity contribution >= 4 is 82.8 Å². The normalized spacial score (nSPS) is 11.8. The van der Waals surface area contributed by atoms with Gasteiger partial charge in [0.15, 0.2) is 13.2 Å². The Morgan fingerprint density at radius 1 is 0.354 bits per heavy atom. The van der Waals surface area contributed by atoms with Crippen LogP contribution in [0.2, 0.25) is 0 Å². The first-order valence-electron chi connectivity index (χ1n) is 31.9. The molecule has 0 aliphatic heterocycles. The molecular weight excluding hydrogens is 1260 g/mol. The number of carbonyl (C=O) groups excluding carboxylic acids is 14. The fourth-order valence-electron chi connectivity index (χ4n) is 8.45. The number of aliphatic hydroxyl groups is 2. The van der Waals surface area contributed by atoms with Crippen LogP contribution in [-0.2, 0) is 120 Å². The van der Waals surface area contributed by atoms with E-state index >= 15 is 0 Å².